The van der Waals surface area contributed by atoms with E-state index in [1.807, 2.05) is 19.1 Å². The Balaban J connectivity index is 2.81. The fourth-order valence-electron chi connectivity index (χ4n) is 1.69. The van der Waals surface area contributed by atoms with Crippen molar-refractivity contribution in [1.82, 2.24) is 10.2 Å². The van der Waals surface area contributed by atoms with E-state index in [0.29, 0.717) is 6.54 Å². The third-order valence-electron chi connectivity index (χ3n) is 2.77. The van der Waals surface area contributed by atoms with Gasteiger partial charge in [-0.15, -0.1) is 5.10 Å². The van der Waals surface area contributed by atoms with Crippen molar-refractivity contribution in [2.24, 2.45) is 11.1 Å². The SMILES string of the molecule is CCCN(CC(C)(C)CN)c1ccc(C)nn1. The molecule has 4 nitrogen and oxygen atoms in total. The van der Waals surface area contributed by atoms with E-state index >= 15 is 0 Å². The van der Waals surface area contributed by atoms with Crippen LogP contribution in [-0.2, 0) is 0 Å². The zero-order valence-corrected chi connectivity index (χ0v) is 11.4. The molecule has 2 N–H and O–H groups in total. The Morgan fingerprint density at radius 3 is 2.47 bits per heavy atom. The molecule has 96 valence electrons. The van der Waals surface area contributed by atoms with Crippen molar-refractivity contribution in [3.8, 4) is 0 Å². The number of aromatic nitrogens is 2. The van der Waals surface area contributed by atoms with Crippen LogP contribution in [-0.4, -0.2) is 29.8 Å². The van der Waals surface area contributed by atoms with E-state index in [4.69, 9.17) is 5.73 Å². The monoisotopic (exact) mass is 236 g/mol. The lowest BCUT2D eigenvalue weighted by atomic mass is 9.93. The van der Waals surface area contributed by atoms with E-state index < -0.39 is 0 Å². The van der Waals surface area contributed by atoms with Gasteiger partial charge in [-0.1, -0.05) is 20.8 Å². The second kappa shape index (κ2) is 5.96. The molecule has 1 heterocycles. The van der Waals surface area contributed by atoms with Crippen molar-refractivity contribution in [3.05, 3.63) is 17.8 Å². The van der Waals surface area contributed by atoms with Crippen LogP contribution in [0.1, 0.15) is 32.9 Å². The fourth-order valence-corrected chi connectivity index (χ4v) is 1.69. The third kappa shape index (κ3) is 4.30. The average Bonchev–Trinajstić information content (AvgIpc) is 2.29. The molecule has 17 heavy (non-hydrogen) atoms. The average molecular weight is 236 g/mol. The molecule has 1 aromatic heterocycles. The van der Waals surface area contributed by atoms with Gasteiger partial charge < -0.3 is 10.6 Å². The summed E-state index contributed by atoms with van der Waals surface area (Å²) in [5.41, 5.74) is 6.84. The first-order valence-electron chi connectivity index (χ1n) is 6.24. The number of hydrogen-bond donors (Lipinski definition) is 1. The van der Waals surface area contributed by atoms with Gasteiger partial charge in [0, 0.05) is 13.1 Å². The second-order valence-corrected chi connectivity index (χ2v) is 5.32. The van der Waals surface area contributed by atoms with Gasteiger partial charge in [-0.2, -0.15) is 5.10 Å². The molecule has 4 heteroatoms. The van der Waals surface area contributed by atoms with E-state index in [0.717, 1.165) is 31.0 Å². The Morgan fingerprint density at radius 1 is 1.29 bits per heavy atom. The Bertz CT molecular complexity index is 332. The molecule has 0 atom stereocenters. The second-order valence-electron chi connectivity index (χ2n) is 5.32. The molecular weight excluding hydrogens is 212 g/mol. The van der Waals surface area contributed by atoms with Gasteiger partial charge in [-0.05, 0) is 37.4 Å². The highest BCUT2D eigenvalue weighted by atomic mass is 15.3. The predicted octanol–water partition coefficient (Wildman–Crippen LogP) is 1.99. The number of nitrogens with two attached hydrogens (primary N) is 1. The van der Waals surface area contributed by atoms with Crippen LogP contribution in [0.5, 0.6) is 0 Å². The zero-order chi connectivity index (χ0) is 12.9. The minimum Gasteiger partial charge on any atom is -0.355 e. The highest BCUT2D eigenvalue weighted by molar-refractivity contribution is 5.37. The van der Waals surface area contributed by atoms with E-state index in [1.165, 1.54) is 0 Å². The summed E-state index contributed by atoms with van der Waals surface area (Å²) < 4.78 is 0. The van der Waals surface area contributed by atoms with E-state index in [2.05, 4.69) is 35.9 Å². The minimum atomic E-state index is 0.0989. The van der Waals surface area contributed by atoms with Gasteiger partial charge >= 0.3 is 0 Å². The van der Waals surface area contributed by atoms with Crippen LogP contribution in [0.3, 0.4) is 0 Å². The summed E-state index contributed by atoms with van der Waals surface area (Å²) in [7, 11) is 0. The summed E-state index contributed by atoms with van der Waals surface area (Å²) in [6.45, 7) is 11.0. The van der Waals surface area contributed by atoms with Crippen LogP contribution < -0.4 is 10.6 Å². The summed E-state index contributed by atoms with van der Waals surface area (Å²) in [4.78, 5) is 2.26. The van der Waals surface area contributed by atoms with Gasteiger partial charge in [-0.25, -0.2) is 0 Å². The number of anilines is 1. The Morgan fingerprint density at radius 2 is 2.00 bits per heavy atom. The first-order valence-corrected chi connectivity index (χ1v) is 6.24. The summed E-state index contributed by atoms with van der Waals surface area (Å²) in [5, 5.41) is 8.37. The molecule has 1 aromatic rings. The van der Waals surface area contributed by atoms with E-state index in [9.17, 15) is 0 Å². The maximum Gasteiger partial charge on any atom is 0.151 e. The van der Waals surface area contributed by atoms with Gasteiger partial charge in [0.15, 0.2) is 5.82 Å². The molecule has 0 spiro atoms. The molecule has 0 saturated heterocycles. The molecule has 0 saturated carbocycles. The lowest BCUT2D eigenvalue weighted by Crippen LogP contribution is -2.39. The van der Waals surface area contributed by atoms with Crippen LogP contribution in [0.15, 0.2) is 12.1 Å². The van der Waals surface area contributed by atoms with Crippen LogP contribution in [0, 0.1) is 12.3 Å². The molecule has 0 aliphatic rings. The molecule has 1 rings (SSSR count). The molecule has 0 fully saturated rings. The maximum atomic E-state index is 5.79. The molecule has 0 aliphatic carbocycles. The van der Waals surface area contributed by atoms with E-state index in [1.54, 1.807) is 0 Å². The largest absolute Gasteiger partial charge is 0.355 e. The van der Waals surface area contributed by atoms with Crippen molar-refractivity contribution >= 4 is 5.82 Å². The number of rotatable bonds is 6. The first kappa shape index (κ1) is 13.9. The highest BCUT2D eigenvalue weighted by Crippen LogP contribution is 2.19. The molecule has 0 unspecified atom stereocenters. The lowest BCUT2D eigenvalue weighted by Gasteiger charge is -2.32. The van der Waals surface area contributed by atoms with Crippen LogP contribution in [0.4, 0.5) is 5.82 Å². The number of aryl methyl sites for hydroxylation is 1. The molecular formula is C13H24N4. The normalized spacial score (nSPS) is 11.6. The van der Waals surface area contributed by atoms with Crippen LogP contribution >= 0.6 is 0 Å². The maximum absolute atomic E-state index is 5.79. The van der Waals surface area contributed by atoms with Gasteiger partial charge in [0.2, 0.25) is 0 Å². The topological polar surface area (TPSA) is 55.0 Å². The standard InChI is InChI=1S/C13H24N4/c1-5-8-17(10-13(3,4)9-14)12-7-6-11(2)15-16-12/h6-7H,5,8-10,14H2,1-4H3. The Labute approximate surface area is 104 Å². The lowest BCUT2D eigenvalue weighted by molar-refractivity contribution is 0.376. The van der Waals surface area contributed by atoms with Crippen molar-refractivity contribution in [3.63, 3.8) is 0 Å². The minimum absolute atomic E-state index is 0.0989. The third-order valence-corrected chi connectivity index (χ3v) is 2.77. The smallest absolute Gasteiger partial charge is 0.151 e. The molecule has 0 bridgehead atoms. The van der Waals surface area contributed by atoms with Crippen molar-refractivity contribution in [2.45, 2.75) is 34.1 Å². The molecule has 0 amide bonds. The van der Waals surface area contributed by atoms with E-state index in [-0.39, 0.29) is 5.41 Å². The van der Waals surface area contributed by atoms with Gasteiger partial charge in [0.1, 0.15) is 0 Å². The fraction of sp³-hybridized carbons (Fsp3) is 0.692. The number of hydrogen-bond acceptors (Lipinski definition) is 4. The highest BCUT2D eigenvalue weighted by Gasteiger charge is 2.20. The van der Waals surface area contributed by atoms with Gasteiger partial charge in [0.25, 0.3) is 0 Å². The molecule has 0 aromatic carbocycles. The van der Waals surface area contributed by atoms with Crippen LogP contribution in [0.2, 0.25) is 0 Å². The first-order chi connectivity index (χ1) is 7.98. The zero-order valence-electron chi connectivity index (χ0n) is 11.4. The number of nitrogens with zero attached hydrogens (tertiary/aromatic N) is 3. The predicted molar refractivity (Wildman–Crippen MR) is 72.1 cm³/mol. The summed E-state index contributed by atoms with van der Waals surface area (Å²) in [5.74, 6) is 0.943. The van der Waals surface area contributed by atoms with Crippen molar-refractivity contribution < 1.29 is 0 Å². The Kier molecular flexibility index (Phi) is 4.87. The van der Waals surface area contributed by atoms with Gasteiger partial charge in [0.05, 0.1) is 5.69 Å². The van der Waals surface area contributed by atoms with Gasteiger partial charge in [-0.3, -0.25) is 0 Å². The summed E-state index contributed by atoms with van der Waals surface area (Å²) >= 11 is 0. The quantitative estimate of drug-likeness (QED) is 0.820. The van der Waals surface area contributed by atoms with Crippen molar-refractivity contribution in [1.29, 1.82) is 0 Å². The van der Waals surface area contributed by atoms with Crippen molar-refractivity contribution in [2.75, 3.05) is 24.5 Å². The van der Waals surface area contributed by atoms with Crippen LogP contribution in [0.25, 0.3) is 0 Å². The Hall–Kier alpha value is -1.16. The molecule has 0 aliphatic heterocycles. The summed E-state index contributed by atoms with van der Waals surface area (Å²) in [6.07, 6.45) is 1.09. The summed E-state index contributed by atoms with van der Waals surface area (Å²) in [6, 6.07) is 4.03. The molecule has 0 radical (unpaired) electrons.